The Morgan fingerprint density at radius 3 is 3.00 bits per heavy atom. The second kappa shape index (κ2) is 6.35. The van der Waals surface area contributed by atoms with Gasteiger partial charge in [-0.15, -0.1) is 10.2 Å². The SMILES string of the molecule is O=C(c1cc2cc(Cl)ccn2n1)N1CCCC(c2nnc3ccccn23)C1. The number of carbonyl (C=O) groups excluding carboxylic acids is 1. The van der Waals surface area contributed by atoms with Crippen molar-refractivity contribution in [1.82, 2.24) is 29.1 Å². The maximum atomic E-state index is 13.0. The minimum atomic E-state index is -0.0617. The number of rotatable bonds is 2. The Hall–Kier alpha value is -2.93. The molecule has 7 nitrogen and oxygen atoms in total. The molecule has 1 aliphatic rings. The Labute approximate surface area is 160 Å². The highest BCUT2D eigenvalue weighted by molar-refractivity contribution is 6.30. The van der Waals surface area contributed by atoms with Gasteiger partial charge in [-0.1, -0.05) is 17.7 Å². The summed E-state index contributed by atoms with van der Waals surface area (Å²) in [6.07, 6.45) is 5.64. The maximum Gasteiger partial charge on any atom is 0.274 e. The van der Waals surface area contributed by atoms with Gasteiger partial charge in [-0.05, 0) is 43.2 Å². The molecule has 1 unspecified atom stereocenters. The van der Waals surface area contributed by atoms with E-state index in [-0.39, 0.29) is 11.8 Å². The number of likely N-dealkylation sites (tertiary alicyclic amines) is 1. The number of fused-ring (bicyclic) bond motifs is 2. The highest BCUT2D eigenvalue weighted by atomic mass is 35.5. The minimum absolute atomic E-state index is 0.0617. The van der Waals surface area contributed by atoms with Crippen LogP contribution in [-0.2, 0) is 0 Å². The molecule has 0 saturated carbocycles. The number of hydrogen-bond acceptors (Lipinski definition) is 4. The molecule has 0 aliphatic carbocycles. The van der Waals surface area contributed by atoms with E-state index < -0.39 is 0 Å². The van der Waals surface area contributed by atoms with Gasteiger partial charge in [-0.3, -0.25) is 9.20 Å². The van der Waals surface area contributed by atoms with E-state index in [1.807, 2.05) is 33.7 Å². The molecule has 0 N–H and O–H groups in total. The summed E-state index contributed by atoms with van der Waals surface area (Å²) in [5.41, 5.74) is 2.07. The molecule has 0 spiro atoms. The van der Waals surface area contributed by atoms with Crippen molar-refractivity contribution >= 4 is 28.7 Å². The van der Waals surface area contributed by atoms with Gasteiger partial charge >= 0.3 is 0 Å². The lowest BCUT2D eigenvalue weighted by Gasteiger charge is -2.31. The minimum Gasteiger partial charge on any atom is -0.337 e. The van der Waals surface area contributed by atoms with Crippen LogP contribution in [0.2, 0.25) is 5.02 Å². The zero-order chi connectivity index (χ0) is 18.4. The number of carbonyl (C=O) groups is 1. The fourth-order valence-electron chi connectivity index (χ4n) is 3.74. The molecular formula is C19H17ClN6O. The molecule has 5 rings (SSSR count). The first kappa shape index (κ1) is 16.3. The molecule has 27 heavy (non-hydrogen) atoms. The molecule has 1 amide bonds. The van der Waals surface area contributed by atoms with Crippen molar-refractivity contribution in [3.8, 4) is 0 Å². The number of nitrogens with zero attached hydrogens (tertiary/aromatic N) is 6. The Balaban J connectivity index is 1.42. The number of amides is 1. The van der Waals surface area contributed by atoms with Crippen LogP contribution in [0.15, 0.2) is 48.8 Å². The van der Waals surface area contributed by atoms with Gasteiger partial charge in [0, 0.05) is 36.4 Å². The van der Waals surface area contributed by atoms with E-state index >= 15 is 0 Å². The maximum absolute atomic E-state index is 13.0. The van der Waals surface area contributed by atoms with Gasteiger partial charge in [0.2, 0.25) is 0 Å². The predicted octanol–water partition coefficient (Wildman–Crippen LogP) is 3.05. The van der Waals surface area contributed by atoms with E-state index in [0.29, 0.717) is 17.3 Å². The smallest absolute Gasteiger partial charge is 0.274 e. The van der Waals surface area contributed by atoms with Crippen LogP contribution in [0.1, 0.15) is 35.1 Å². The van der Waals surface area contributed by atoms with Gasteiger partial charge in [0.05, 0.1) is 5.52 Å². The summed E-state index contributed by atoms with van der Waals surface area (Å²) in [6.45, 7) is 1.34. The van der Waals surface area contributed by atoms with Crippen LogP contribution >= 0.6 is 11.6 Å². The van der Waals surface area contributed by atoms with Crippen molar-refractivity contribution in [3.05, 3.63) is 65.3 Å². The lowest BCUT2D eigenvalue weighted by atomic mass is 9.97. The van der Waals surface area contributed by atoms with E-state index in [1.54, 1.807) is 28.9 Å². The van der Waals surface area contributed by atoms with E-state index in [9.17, 15) is 4.79 Å². The summed E-state index contributed by atoms with van der Waals surface area (Å²) < 4.78 is 3.68. The Morgan fingerprint density at radius 2 is 2.07 bits per heavy atom. The van der Waals surface area contributed by atoms with Crippen molar-refractivity contribution in [2.75, 3.05) is 13.1 Å². The highest BCUT2D eigenvalue weighted by Gasteiger charge is 2.29. The molecule has 1 aliphatic heterocycles. The monoisotopic (exact) mass is 380 g/mol. The second-order valence-corrected chi connectivity index (χ2v) is 7.26. The standard InChI is InChI=1S/C19H17ClN6O/c20-14-6-9-26-15(10-14)11-16(23-26)19(27)24-7-3-4-13(12-24)18-22-21-17-5-1-2-8-25(17)18/h1-2,5-6,8-11,13H,3-4,7,12H2. The summed E-state index contributed by atoms with van der Waals surface area (Å²) in [7, 11) is 0. The van der Waals surface area contributed by atoms with Crippen LogP contribution in [0.4, 0.5) is 0 Å². The zero-order valence-electron chi connectivity index (χ0n) is 14.5. The van der Waals surface area contributed by atoms with Crippen LogP contribution in [0.25, 0.3) is 11.2 Å². The van der Waals surface area contributed by atoms with Crippen molar-refractivity contribution in [1.29, 1.82) is 0 Å². The topological polar surface area (TPSA) is 67.8 Å². The first-order valence-corrected chi connectivity index (χ1v) is 9.31. The summed E-state index contributed by atoms with van der Waals surface area (Å²) in [4.78, 5) is 14.9. The molecule has 4 aromatic rings. The zero-order valence-corrected chi connectivity index (χ0v) is 15.3. The molecule has 136 valence electrons. The quantitative estimate of drug-likeness (QED) is 0.536. The largest absolute Gasteiger partial charge is 0.337 e. The normalized spacial score (nSPS) is 17.7. The van der Waals surface area contributed by atoms with E-state index in [0.717, 1.165) is 36.4 Å². The van der Waals surface area contributed by atoms with Crippen molar-refractivity contribution in [2.45, 2.75) is 18.8 Å². The molecular weight excluding hydrogens is 364 g/mol. The number of hydrogen-bond donors (Lipinski definition) is 0. The molecule has 5 heterocycles. The average Bonchev–Trinajstić information content (AvgIpc) is 3.31. The highest BCUT2D eigenvalue weighted by Crippen LogP contribution is 2.27. The van der Waals surface area contributed by atoms with E-state index in [1.165, 1.54) is 0 Å². The molecule has 4 aromatic heterocycles. The average molecular weight is 381 g/mol. The molecule has 0 aromatic carbocycles. The molecule has 1 atom stereocenters. The van der Waals surface area contributed by atoms with Gasteiger partial charge in [-0.25, -0.2) is 4.52 Å². The van der Waals surface area contributed by atoms with Crippen molar-refractivity contribution < 1.29 is 4.79 Å². The van der Waals surface area contributed by atoms with E-state index in [4.69, 9.17) is 11.6 Å². The summed E-state index contributed by atoms with van der Waals surface area (Å²) >= 11 is 6.03. The van der Waals surface area contributed by atoms with Crippen molar-refractivity contribution in [2.24, 2.45) is 0 Å². The third-order valence-corrected chi connectivity index (χ3v) is 5.29. The van der Waals surface area contributed by atoms with Gasteiger partial charge in [0.25, 0.3) is 5.91 Å². The first-order valence-electron chi connectivity index (χ1n) is 8.93. The van der Waals surface area contributed by atoms with Crippen LogP contribution in [-0.4, -0.2) is 48.1 Å². The number of piperidine rings is 1. The van der Waals surface area contributed by atoms with Crippen LogP contribution in [0.5, 0.6) is 0 Å². The number of aromatic nitrogens is 5. The first-order chi connectivity index (χ1) is 13.2. The lowest BCUT2D eigenvalue weighted by Crippen LogP contribution is -2.39. The van der Waals surface area contributed by atoms with Gasteiger partial charge in [0.1, 0.15) is 5.82 Å². The molecule has 0 radical (unpaired) electrons. The van der Waals surface area contributed by atoms with Gasteiger partial charge < -0.3 is 4.90 Å². The number of pyridine rings is 2. The fraction of sp³-hybridized carbons (Fsp3) is 0.263. The molecule has 1 fully saturated rings. The Morgan fingerprint density at radius 1 is 1.15 bits per heavy atom. The van der Waals surface area contributed by atoms with Gasteiger partial charge in [0.15, 0.2) is 11.3 Å². The van der Waals surface area contributed by atoms with Crippen molar-refractivity contribution in [3.63, 3.8) is 0 Å². The van der Waals surface area contributed by atoms with Crippen LogP contribution < -0.4 is 0 Å². The fourth-order valence-corrected chi connectivity index (χ4v) is 3.91. The summed E-state index contributed by atoms with van der Waals surface area (Å²) in [5, 5.41) is 13.6. The third-order valence-electron chi connectivity index (χ3n) is 5.06. The van der Waals surface area contributed by atoms with Gasteiger partial charge in [-0.2, -0.15) is 5.10 Å². The second-order valence-electron chi connectivity index (χ2n) is 6.82. The third kappa shape index (κ3) is 2.84. The summed E-state index contributed by atoms with van der Waals surface area (Å²) in [6, 6.07) is 11.2. The summed E-state index contributed by atoms with van der Waals surface area (Å²) in [5.74, 6) is 1.00. The van der Waals surface area contributed by atoms with Crippen LogP contribution in [0, 0.1) is 0 Å². The number of halogens is 1. The Bertz CT molecular complexity index is 1150. The molecule has 0 bridgehead atoms. The molecule has 1 saturated heterocycles. The Kier molecular flexibility index (Phi) is 3.82. The van der Waals surface area contributed by atoms with E-state index in [2.05, 4.69) is 15.3 Å². The lowest BCUT2D eigenvalue weighted by molar-refractivity contribution is 0.0698. The molecule has 8 heteroatoms. The van der Waals surface area contributed by atoms with Crippen LogP contribution in [0.3, 0.4) is 0 Å². The predicted molar refractivity (Wildman–Crippen MR) is 101 cm³/mol.